The van der Waals surface area contributed by atoms with Gasteiger partial charge in [-0.25, -0.2) is 0 Å². The number of amides is 1. The molecule has 1 aromatic carbocycles. The van der Waals surface area contributed by atoms with Crippen molar-refractivity contribution >= 4 is 23.4 Å². The van der Waals surface area contributed by atoms with Crippen LogP contribution in [0.5, 0.6) is 0 Å². The Kier molecular flexibility index (Phi) is 4.26. The number of hydrogen-bond donors (Lipinski definition) is 1. The second-order valence-electron chi connectivity index (χ2n) is 2.68. The van der Waals surface area contributed by atoms with Crippen LogP contribution >= 0.6 is 11.8 Å². The van der Waals surface area contributed by atoms with Crippen molar-refractivity contribution in [2.45, 2.75) is 6.92 Å². The van der Waals surface area contributed by atoms with Crippen LogP contribution in [0.25, 0.3) is 0 Å². The van der Waals surface area contributed by atoms with E-state index in [0.29, 0.717) is 0 Å². The van der Waals surface area contributed by atoms with E-state index in [1.165, 1.54) is 11.8 Å². The van der Waals surface area contributed by atoms with Gasteiger partial charge in [-0.05, 0) is 25.3 Å². The fourth-order valence-corrected chi connectivity index (χ4v) is 1.53. The van der Waals surface area contributed by atoms with Crippen LogP contribution < -0.4 is 5.32 Å². The molecule has 0 spiro atoms. The van der Waals surface area contributed by atoms with E-state index in [9.17, 15) is 4.79 Å². The van der Waals surface area contributed by atoms with Crippen molar-refractivity contribution in [2.75, 3.05) is 11.6 Å². The summed E-state index contributed by atoms with van der Waals surface area (Å²) in [6.45, 7) is 1.86. The summed E-state index contributed by atoms with van der Waals surface area (Å²) in [5, 5.41) is 2.82. The Bertz CT molecular complexity index is 332. The molecule has 0 aliphatic carbocycles. The summed E-state index contributed by atoms with van der Waals surface area (Å²) in [6, 6.07) is 9.44. The zero-order valence-electron chi connectivity index (χ0n) is 8.28. The van der Waals surface area contributed by atoms with Crippen molar-refractivity contribution in [1.29, 1.82) is 0 Å². The van der Waals surface area contributed by atoms with Gasteiger partial charge >= 0.3 is 0 Å². The summed E-state index contributed by atoms with van der Waals surface area (Å²) in [5.41, 5.74) is 0.825. The molecule has 1 amide bonds. The van der Waals surface area contributed by atoms with E-state index < -0.39 is 0 Å². The number of anilines is 1. The molecule has 0 heterocycles. The lowest BCUT2D eigenvalue weighted by molar-refractivity contribution is -0.112. The first-order valence-corrected chi connectivity index (χ1v) is 5.57. The number of carbonyl (C=O) groups excluding carboxylic acids is 1. The molecule has 0 saturated heterocycles. The molecule has 0 radical (unpaired) electrons. The van der Waals surface area contributed by atoms with Crippen LogP contribution in [0.3, 0.4) is 0 Å². The Morgan fingerprint density at radius 2 is 2.00 bits per heavy atom. The molecule has 0 atom stereocenters. The molecule has 1 N–H and O–H groups in total. The van der Waals surface area contributed by atoms with Gasteiger partial charge in [0.25, 0.3) is 5.91 Å². The molecule has 0 aliphatic rings. The van der Waals surface area contributed by atoms with Crippen molar-refractivity contribution in [3.63, 3.8) is 0 Å². The lowest BCUT2D eigenvalue weighted by Gasteiger charge is -2.05. The topological polar surface area (TPSA) is 29.1 Å². The molecular formula is C11H13NOS. The van der Waals surface area contributed by atoms with E-state index in [-0.39, 0.29) is 5.91 Å². The average molecular weight is 207 g/mol. The minimum absolute atomic E-state index is 0.0498. The van der Waals surface area contributed by atoms with Crippen LogP contribution in [0.15, 0.2) is 41.3 Å². The normalized spacial score (nSPS) is 11.1. The fraction of sp³-hybridized carbons (Fsp3) is 0.182. The smallest absolute Gasteiger partial charge is 0.261 e. The SMILES string of the molecule is C/C=C(/SC)C(=O)Nc1ccccc1. The molecule has 74 valence electrons. The summed E-state index contributed by atoms with van der Waals surface area (Å²) in [7, 11) is 0. The number of hydrogen-bond acceptors (Lipinski definition) is 2. The predicted octanol–water partition coefficient (Wildman–Crippen LogP) is 2.89. The molecule has 2 nitrogen and oxygen atoms in total. The highest BCUT2D eigenvalue weighted by molar-refractivity contribution is 8.03. The maximum Gasteiger partial charge on any atom is 0.261 e. The Labute approximate surface area is 88.4 Å². The molecule has 0 bridgehead atoms. The molecule has 3 heteroatoms. The monoisotopic (exact) mass is 207 g/mol. The number of nitrogens with one attached hydrogen (secondary N) is 1. The molecule has 14 heavy (non-hydrogen) atoms. The van der Waals surface area contributed by atoms with Crippen LogP contribution in [0.4, 0.5) is 5.69 Å². The zero-order chi connectivity index (χ0) is 10.4. The van der Waals surface area contributed by atoms with Crippen LogP contribution in [0, 0.1) is 0 Å². The van der Waals surface area contributed by atoms with Crippen LogP contribution in [-0.4, -0.2) is 12.2 Å². The molecule has 0 aliphatic heterocycles. The van der Waals surface area contributed by atoms with Crippen LogP contribution in [-0.2, 0) is 4.79 Å². The summed E-state index contributed by atoms with van der Waals surface area (Å²) in [5.74, 6) is -0.0498. The molecule has 1 aromatic rings. The Morgan fingerprint density at radius 1 is 1.36 bits per heavy atom. The van der Waals surface area contributed by atoms with E-state index in [0.717, 1.165) is 10.6 Å². The maximum absolute atomic E-state index is 11.6. The Hall–Kier alpha value is -1.22. The van der Waals surface area contributed by atoms with E-state index in [1.807, 2.05) is 49.6 Å². The van der Waals surface area contributed by atoms with Crippen LogP contribution in [0.1, 0.15) is 6.92 Å². The zero-order valence-corrected chi connectivity index (χ0v) is 9.10. The quantitative estimate of drug-likeness (QED) is 0.772. The highest BCUT2D eigenvalue weighted by Crippen LogP contribution is 2.14. The van der Waals surface area contributed by atoms with Gasteiger partial charge in [0.2, 0.25) is 0 Å². The van der Waals surface area contributed by atoms with Crippen molar-refractivity contribution < 1.29 is 4.79 Å². The highest BCUT2D eigenvalue weighted by atomic mass is 32.2. The summed E-state index contributed by atoms with van der Waals surface area (Å²) >= 11 is 1.45. The molecule has 0 aromatic heterocycles. The number of allylic oxidation sites excluding steroid dienone is 1. The predicted molar refractivity (Wildman–Crippen MR) is 62.3 cm³/mol. The first-order chi connectivity index (χ1) is 6.77. The minimum Gasteiger partial charge on any atom is -0.322 e. The lowest BCUT2D eigenvalue weighted by atomic mass is 10.3. The van der Waals surface area contributed by atoms with Gasteiger partial charge in [-0.3, -0.25) is 4.79 Å². The molecule has 0 saturated carbocycles. The fourth-order valence-electron chi connectivity index (χ4n) is 1.06. The Balaban J connectivity index is 2.66. The van der Waals surface area contributed by atoms with Crippen LogP contribution in [0.2, 0.25) is 0 Å². The number of carbonyl (C=O) groups is 1. The van der Waals surface area contributed by atoms with Gasteiger partial charge in [0.15, 0.2) is 0 Å². The first kappa shape index (κ1) is 10.9. The van der Waals surface area contributed by atoms with Gasteiger partial charge in [0, 0.05) is 5.69 Å². The third-order valence-corrected chi connectivity index (χ3v) is 2.60. The number of thioether (sulfide) groups is 1. The first-order valence-electron chi connectivity index (χ1n) is 4.34. The standard InChI is InChI=1S/C11H13NOS/c1-3-10(14-2)11(13)12-9-7-5-4-6-8-9/h3-8H,1-2H3,(H,12,13)/b10-3+. The third-order valence-electron chi connectivity index (χ3n) is 1.74. The van der Waals surface area contributed by atoms with E-state index in [1.54, 1.807) is 0 Å². The third kappa shape index (κ3) is 2.92. The number of rotatable bonds is 3. The van der Waals surface area contributed by atoms with E-state index in [2.05, 4.69) is 5.32 Å². The molecule has 0 unspecified atom stereocenters. The summed E-state index contributed by atoms with van der Waals surface area (Å²) < 4.78 is 0. The van der Waals surface area contributed by atoms with Gasteiger partial charge in [0.05, 0.1) is 4.91 Å². The van der Waals surface area contributed by atoms with Gasteiger partial charge in [0.1, 0.15) is 0 Å². The van der Waals surface area contributed by atoms with Crippen molar-refractivity contribution in [3.8, 4) is 0 Å². The average Bonchev–Trinajstić information content (AvgIpc) is 2.21. The maximum atomic E-state index is 11.6. The second kappa shape index (κ2) is 5.50. The molecule has 1 rings (SSSR count). The summed E-state index contributed by atoms with van der Waals surface area (Å²) in [4.78, 5) is 12.3. The van der Waals surface area contributed by atoms with E-state index >= 15 is 0 Å². The van der Waals surface area contributed by atoms with E-state index in [4.69, 9.17) is 0 Å². The van der Waals surface area contributed by atoms with Gasteiger partial charge in [-0.2, -0.15) is 0 Å². The summed E-state index contributed by atoms with van der Waals surface area (Å²) in [6.07, 6.45) is 3.70. The van der Waals surface area contributed by atoms with Gasteiger partial charge in [-0.1, -0.05) is 24.3 Å². The minimum atomic E-state index is -0.0498. The molecular weight excluding hydrogens is 194 g/mol. The second-order valence-corrected chi connectivity index (χ2v) is 3.53. The number of para-hydroxylation sites is 1. The number of benzene rings is 1. The van der Waals surface area contributed by atoms with Crippen molar-refractivity contribution in [3.05, 3.63) is 41.3 Å². The molecule has 0 fully saturated rings. The van der Waals surface area contributed by atoms with Crippen molar-refractivity contribution in [1.82, 2.24) is 0 Å². The lowest BCUT2D eigenvalue weighted by Crippen LogP contribution is -2.12. The highest BCUT2D eigenvalue weighted by Gasteiger charge is 2.06. The largest absolute Gasteiger partial charge is 0.322 e. The van der Waals surface area contributed by atoms with Gasteiger partial charge < -0.3 is 5.32 Å². The Morgan fingerprint density at radius 3 is 2.50 bits per heavy atom. The van der Waals surface area contributed by atoms with Gasteiger partial charge in [-0.15, -0.1) is 11.8 Å². The van der Waals surface area contributed by atoms with Crippen molar-refractivity contribution in [2.24, 2.45) is 0 Å².